The first-order valence-electron chi connectivity index (χ1n) is 7.25. The lowest BCUT2D eigenvalue weighted by atomic mass is 10.0. The zero-order chi connectivity index (χ0) is 19.7. The number of allylic oxidation sites excluding steroid dienone is 1. The Labute approximate surface area is 143 Å². The van der Waals surface area contributed by atoms with E-state index in [1.807, 2.05) is 0 Å². The zero-order valence-corrected chi connectivity index (χ0v) is 13.2. The summed E-state index contributed by atoms with van der Waals surface area (Å²) in [5.74, 6) is -1.43. The molecule has 0 unspecified atom stereocenters. The number of hydrogen-bond acceptors (Lipinski definition) is 2. The Kier molecular flexibility index (Phi) is 5.20. The Morgan fingerprint density at radius 1 is 1.04 bits per heavy atom. The zero-order valence-electron chi connectivity index (χ0n) is 13.2. The van der Waals surface area contributed by atoms with E-state index >= 15 is 0 Å². The van der Waals surface area contributed by atoms with Crippen molar-refractivity contribution in [1.29, 1.82) is 0 Å². The van der Waals surface area contributed by atoms with Gasteiger partial charge in [-0.2, -0.15) is 26.3 Å². The van der Waals surface area contributed by atoms with Crippen molar-refractivity contribution in [3.63, 3.8) is 0 Å². The second-order valence-corrected chi connectivity index (χ2v) is 5.32. The van der Waals surface area contributed by atoms with E-state index in [2.05, 4.69) is 0 Å². The van der Waals surface area contributed by atoms with Crippen LogP contribution in [0.4, 0.5) is 26.3 Å². The minimum absolute atomic E-state index is 0.0230. The van der Waals surface area contributed by atoms with Gasteiger partial charge >= 0.3 is 18.3 Å². The molecular formula is C17H12F6O3. The fraction of sp³-hybridized carbons (Fsp3) is 0.235. The summed E-state index contributed by atoms with van der Waals surface area (Å²) >= 11 is 0. The summed E-state index contributed by atoms with van der Waals surface area (Å²) < 4.78 is 82.8. The van der Waals surface area contributed by atoms with Gasteiger partial charge in [-0.1, -0.05) is 6.92 Å². The number of rotatable bonds is 4. The number of furan rings is 1. The van der Waals surface area contributed by atoms with E-state index in [0.717, 1.165) is 6.08 Å². The summed E-state index contributed by atoms with van der Waals surface area (Å²) in [5.41, 5.74) is -3.09. The lowest BCUT2D eigenvalue weighted by Gasteiger charge is -2.13. The molecule has 3 nitrogen and oxygen atoms in total. The molecule has 0 aliphatic carbocycles. The minimum Gasteiger partial charge on any atom is -0.478 e. The summed E-state index contributed by atoms with van der Waals surface area (Å²) in [6.07, 6.45) is -8.84. The van der Waals surface area contributed by atoms with Crippen molar-refractivity contribution < 1.29 is 40.7 Å². The first-order chi connectivity index (χ1) is 11.9. The second-order valence-electron chi connectivity index (χ2n) is 5.32. The van der Waals surface area contributed by atoms with E-state index in [1.54, 1.807) is 6.92 Å². The van der Waals surface area contributed by atoms with Gasteiger partial charge in [-0.05, 0) is 36.8 Å². The molecule has 0 spiro atoms. The predicted molar refractivity (Wildman–Crippen MR) is 80.1 cm³/mol. The van der Waals surface area contributed by atoms with E-state index < -0.39 is 35.0 Å². The van der Waals surface area contributed by atoms with E-state index in [0.29, 0.717) is 12.1 Å². The summed E-state index contributed by atoms with van der Waals surface area (Å²) in [6.45, 7) is 1.63. The largest absolute Gasteiger partial charge is 0.478 e. The standard InChI is InChI=1S/C17H12F6O3/c1-2-9(7-15(24)25)13-3-4-14(26-13)10-5-11(16(18,19)20)8-12(6-10)17(21,22)23/h3-8H,2H2,1H3,(H,24,25)/b9-7+. The number of aliphatic carboxylic acids is 1. The molecular weight excluding hydrogens is 366 g/mol. The van der Waals surface area contributed by atoms with Gasteiger partial charge in [-0.25, -0.2) is 4.79 Å². The molecule has 0 saturated carbocycles. The van der Waals surface area contributed by atoms with Gasteiger partial charge in [-0.15, -0.1) is 0 Å². The van der Waals surface area contributed by atoms with Gasteiger partial charge in [-0.3, -0.25) is 0 Å². The average Bonchev–Trinajstić information content (AvgIpc) is 3.00. The Bertz CT molecular complexity index is 811. The monoisotopic (exact) mass is 378 g/mol. The molecule has 1 aromatic heterocycles. The van der Waals surface area contributed by atoms with Crippen LogP contribution in [0.15, 0.2) is 40.8 Å². The molecule has 0 bridgehead atoms. The molecule has 1 heterocycles. The van der Waals surface area contributed by atoms with Crippen molar-refractivity contribution in [3.05, 3.63) is 53.3 Å². The van der Waals surface area contributed by atoms with Gasteiger partial charge in [0.15, 0.2) is 0 Å². The molecule has 26 heavy (non-hydrogen) atoms. The molecule has 1 aromatic carbocycles. The summed E-state index contributed by atoms with van der Waals surface area (Å²) in [6, 6.07) is 3.60. The molecule has 0 fully saturated rings. The van der Waals surface area contributed by atoms with Crippen LogP contribution in [0.5, 0.6) is 0 Å². The first kappa shape index (κ1) is 19.6. The highest BCUT2D eigenvalue weighted by atomic mass is 19.4. The highest BCUT2D eigenvalue weighted by molar-refractivity contribution is 5.89. The van der Waals surface area contributed by atoms with Crippen LogP contribution in [0.3, 0.4) is 0 Å². The Morgan fingerprint density at radius 3 is 2.00 bits per heavy atom. The van der Waals surface area contributed by atoms with Crippen LogP contribution in [0.1, 0.15) is 30.2 Å². The molecule has 2 rings (SSSR count). The highest BCUT2D eigenvalue weighted by Gasteiger charge is 2.37. The Hall–Kier alpha value is -2.71. The van der Waals surface area contributed by atoms with Crippen molar-refractivity contribution in [2.75, 3.05) is 0 Å². The number of alkyl halides is 6. The van der Waals surface area contributed by atoms with Crippen LogP contribution in [0.25, 0.3) is 16.9 Å². The third kappa shape index (κ3) is 4.47. The van der Waals surface area contributed by atoms with Crippen molar-refractivity contribution in [2.24, 2.45) is 0 Å². The number of halogens is 6. The predicted octanol–water partition coefficient (Wildman–Crippen LogP) is 5.86. The first-order valence-corrected chi connectivity index (χ1v) is 7.25. The van der Waals surface area contributed by atoms with Crippen LogP contribution >= 0.6 is 0 Å². The molecule has 1 N–H and O–H groups in total. The molecule has 0 radical (unpaired) electrons. The van der Waals surface area contributed by atoms with Gasteiger partial charge < -0.3 is 9.52 Å². The molecule has 0 aliphatic heterocycles. The van der Waals surface area contributed by atoms with Crippen molar-refractivity contribution >= 4 is 11.5 Å². The van der Waals surface area contributed by atoms with Crippen LogP contribution in [-0.2, 0) is 17.1 Å². The van der Waals surface area contributed by atoms with Crippen molar-refractivity contribution in [3.8, 4) is 11.3 Å². The molecule has 140 valence electrons. The van der Waals surface area contributed by atoms with E-state index in [9.17, 15) is 31.1 Å². The maximum atomic E-state index is 12.9. The van der Waals surface area contributed by atoms with Crippen LogP contribution < -0.4 is 0 Å². The van der Waals surface area contributed by atoms with E-state index in [1.165, 1.54) is 12.1 Å². The summed E-state index contributed by atoms with van der Waals surface area (Å²) in [7, 11) is 0. The van der Waals surface area contributed by atoms with Crippen molar-refractivity contribution in [1.82, 2.24) is 0 Å². The van der Waals surface area contributed by atoms with Crippen molar-refractivity contribution in [2.45, 2.75) is 25.7 Å². The van der Waals surface area contributed by atoms with Gasteiger partial charge in [0.25, 0.3) is 0 Å². The summed E-state index contributed by atoms with van der Waals surface area (Å²) in [4.78, 5) is 10.8. The second kappa shape index (κ2) is 6.89. The molecule has 9 heteroatoms. The third-order valence-corrected chi connectivity index (χ3v) is 3.47. The fourth-order valence-electron chi connectivity index (χ4n) is 2.26. The quantitative estimate of drug-likeness (QED) is 0.535. The molecule has 0 aliphatic rings. The number of carboxylic acids is 1. The van der Waals surface area contributed by atoms with Crippen LogP contribution in [-0.4, -0.2) is 11.1 Å². The number of carboxylic acid groups (broad SMARTS) is 1. The Morgan fingerprint density at radius 2 is 1.58 bits per heavy atom. The van der Waals surface area contributed by atoms with Gasteiger partial charge in [0.2, 0.25) is 0 Å². The summed E-state index contributed by atoms with van der Waals surface area (Å²) in [5, 5.41) is 8.78. The molecule has 0 saturated heterocycles. The molecule has 2 aromatic rings. The Balaban J connectivity index is 2.57. The molecule has 0 amide bonds. The topological polar surface area (TPSA) is 50.4 Å². The lowest BCUT2D eigenvalue weighted by molar-refractivity contribution is -0.143. The smallest absolute Gasteiger partial charge is 0.416 e. The minimum atomic E-state index is -4.97. The SMILES string of the molecule is CC/C(=C\C(=O)O)c1ccc(-c2cc(C(F)(F)F)cc(C(F)(F)F)c2)o1. The highest BCUT2D eigenvalue weighted by Crippen LogP contribution is 2.39. The third-order valence-electron chi connectivity index (χ3n) is 3.47. The van der Waals surface area contributed by atoms with Crippen LogP contribution in [0.2, 0.25) is 0 Å². The van der Waals surface area contributed by atoms with Gasteiger partial charge in [0.05, 0.1) is 11.1 Å². The number of hydrogen-bond donors (Lipinski definition) is 1. The molecule has 0 atom stereocenters. The van der Waals surface area contributed by atoms with E-state index in [4.69, 9.17) is 9.52 Å². The normalized spacial score (nSPS) is 13.1. The number of benzene rings is 1. The maximum Gasteiger partial charge on any atom is 0.416 e. The fourth-order valence-corrected chi connectivity index (χ4v) is 2.26. The average molecular weight is 378 g/mol. The maximum absolute atomic E-state index is 12.9. The van der Waals surface area contributed by atoms with Crippen LogP contribution in [0, 0.1) is 0 Å². The lowest BCUT2D eigenvalue weighted by Crippen LogP contribution is -2.11. The van der Waals surface area contributed by atoms with Gasteiger partial charge in [0, 0.05) is 17.2 Å². The number of carbonyl (C=O) groups is 1. The van der Waals surface area contributed by atoms with E-state index in [-0.39, 0.29) is 29.6 Å². The van der Waals surface area contributed by atoms with Gasteiger partial charge in [0.1, 0.15) is 11.5 Å².